The fourth-order valence-corrected chi connectivity index (χ4v) is 1.52. The number of esters is 1. The Morgan fingerprint density at radius 2 is 1.24 bits per heavy atom. The van der Waals surface area contributed by atoms with Gasteiger partial charge in [0.25, 0.3) is 0 Å². The molecule has 2 rings (SSSR count). The predicted molar refractivity (Wildman–Crippen MR) is 62.4 cm³/mol. The molecule has 0 saturated heterocycles. The summed E-state index contributed by atoms with van der Waals surface area (Å²) in [5.41, 5.74) is 0.715. The van der Waals surface area contributed by atoms with Gasteiger partial charge in [-0.15, -0.1) is 0 Å². The van der Waals surface area contributed by atoms with Gasteiger partial charge >= 0.3 is 5.97 Å². The van der Waals surface area contributed by atoms with Crippen LogP contribution in [0.4, 0.5) is 22.0 Å². The van der Waals surface area contributed by atoms with Crippen LogP contribution in [0.5, 0.6) is 5.75 Å². The van der Waals surface area contributed by atoms with Gasteiger partial charge in [0.15, 0.2) is 0 Å². The van der Waals surface area contributed by atoms with Crippen LogP contribution in [0, 0.1) is 36.0 Å². The van der Waals surface area contributed by atoms with Gasteiger partial charge in [0, 0.05) is 0 Å². The molecule has 0 unspecified atom stereocenters. The third kappa shape index (κ3) is 2.72. The second-order valence-corrected chi connectivity index (χ2v) is 4.15. The Balaban J connectivity index is 2.40. The van der Waals surface area contributed by atoms with Gasteiger partial charge in [-0.3, -0.25) is 0 Å². The van der Waals surface area contributed by atoms with Gasteiger partial charge in [0.2, 0.25) is 34.8 Å². The highest BCUT2D eigenvalue weighted by molar-refractivity contribution is 5.91. The number of ether oxygens (including phenoxy) is 1. The number of aryl methyl sites for hydroxylation is 1. The summed E-state index contributed by atoms with van der Waals surface area (Å²) in [6, 6.07) is 5.64. The average molecular weight is 302 g/mol. The topological polar surface area (TPSA) is 26.3 Å². The van der Waals surface area contributed by atoms with E-state index < -0.39 is 40.8 Å². The third-order valence-corrected chi connectivity index (χ3v) is 2.65. The smallest absolute Gasteiger partial charge is 0.343 e. The zero-order valence-electron chi connectivity index (χ0n) is 10.5. The molecule has 0 aliphatic heterocycles. The molecular weight excluding hydrogens is 295 g/mol. The molecule has 0 aromatic heterocycles. The average Bonchev–Trinajstić information content (AvgIpc) is 2.48. The minimum Gasteiger partial charge on any atom is -0.416 e. The number of rotatable bonds is 2. The van der Waals surface area contributed by atoms with Gasteiger partial charge in [-0.2, -0.15) is 8.78 Å². The molecular formula is C14H7F5O2. The minimum atomic E-state index is -2.32. The first-order chi connectivity index (χ1) is 9.82. The standard InChI is InChI=1S/C14H7F5O2/c1-6-2-4-7(5-3-6)14(20)21-13-11(18)9(16)8(15)10(17)12(13)19/h2-5H,1H3. The molecule has 0 spiro atoms. The summed E-state index contributed by atoms with van der Waals surface area (Å²) in [4.78, 5) is 11.6. The SMILES string of the molecule is Cc1ccc(C(=O)Oc2c(F)c(F)c(F)c(F)c2F)cc1. The lowest BCUT2D eigenvalue weighted by atomic mass is 10.1. The maximum atomic E-state index is 13.3. The van der Waals surface area contributed by atoms with E-state index in [-0.39, 0.29) is 5.56 Å². The zero-order valence-corrected chi connectivity index (χ0v) is 10.5. The first-order valence-corrected chi connectivity index (χ1v) is 5.63. The van der Waals surface area contributed by atoms with E-state index >= 15 is 0 Å². The number of hydrogen-bond donors (Lipinski definition) is 0. The maximum Gasteiger partial charge on any atom is 0.343 e. The Hall–Kier alpha value is -2.44. The van der Waals surface area contributed by atoms with Crippen LogP contribution in [0.25, 0.3) is 0 Å². The molecule has 7 heteroatoms. The summed E-state index contributed by atoms with van der Waals surface area (Å²) in [5.74, 6) is -13.9. The van der Waals surface area contributed by atoms with Crippen LogP contribution < -0.4 is 4.74 Å². The van der Waals surface area contributed by atoms with E-state index in [9.17, 15) is 26.7 Å². The number of carbonyl (C=O) groups excluding carboxylic acids is 1. The molecule has 110 valence electrons. The van der Waals surface area contributed by atoms with E-state index in [0.717, 1.165) is 5.56 Å². The molecule has 0 saturated carbocycles. The quantitative estimate of drug-likeness (QED) is 0.276. The monoisotopic (exact) mass is 302 g/mol. The maximum absolute atomic E-state index is 13.3. The van der Waals surface area contributed by atoms with E-state index in [1.807, 2.05) is 0 Å². The molecule has 21 heavy (non-hydrogen) atoms. The summed E-state index contributed by atoms with van der Waals surface area (Å²) in [5, 5.41) is 0. The summed E-state index contributed by atoms with van der Waals surface area (Å²) in [6.45, 7) is 1.74. The van der Waals surface area contributed by atoms with E-state index in [1.165, 1.54) is 24.3 Å². The van der Waals surface area contributed by atoms with Gasteiger partial charge in [-0.1, -0.05) is 17.7 Å². The molecule has 2 nitrogen and oxygen atoms in total. The molecule has 0 heterocycles. The molecule has 0 radical (unpaired) electrons. The van der Waals surface area contributed by atoms with E-state index in [4.69, 9.17) is 0 Å². The van der Waals surface area contributed by atoms with Crippen LogP contribution in [-0.2, 0) is 0 Å². The van der Waals surface area contributed by atoms with Crippen LogP contribution in [-0.4, -0.2) is 5.97 Å². The molecule has 0 aliphatic rings. The van der Waals surface area contributed by atoms with Crippen LogP contribution in [0.1, 0.15) is 15.9 Å². The lowest BCUT2D eigenvalue weighted by Gasteiger charge is -2.08. The highest BCUT2D eigenvalue weighted by Gasteiger charge is 2.28. The third-order valence-electron chi connectivity index (χ3n) is 2.65. The fourth-order valence-electron chi connectivity index (χ4n) is 1.52. The molecule has 0 bridgehead atoms. The van der Waals surface area contributed by atoms with Crippen LogP contribution >= 0.6 is 0 Å². The molecule has 0 amide bonds. The second-order valence-electron chi connectivity index (χ2n) is 4.15. The second kappa shape index (κ2) is 5.51. The van der Waals surface area contributed by atoms with Crippen molar-refractivity contribution in [1.29, 1.82) is 0 Å². The highest BCUT2D eigenvalue weighted by atomic mass is 19.2. The van der Waals surface area contributed by atoms with Gasteiger partial charge in [-0.25, -0.2) is 18.0 Å². The van der Waals surface area contributed by atoms with Crippen molar-refractivity contribution < 1.29 is 31.5 Å². The van der Waals surface area contributed by atoms with Gasteiger partial charge in [0.05, 0.1) is 5.56 Å². The van der Waals surface area contributed by atoms with Crippen molar-refractivity contribution in [2.45, 2.75) is 6.92 Å². The van der Waals surface area contributed by atoms with E-state index in [1.54, 1.807) is 6.92 Å². The zero-order chi connectivity index (χ0) is 15.7. The number of benzene rings is 2. The van der Waals surface area contributed by atoms with Crippen LogP contribution in [0.15, 0.2) is 24.3 Å². The summed E-state index contributed by atoms with van der Waals surface area (Å²) in [6.07, 6.45) is 0. The van der Waals surface area contributed by atoms with Gasteiger partial charge in [-0.05, 0) is 19.1 Å². The molecule has 0 aliphatic carbocycles. The van der Waals surface area contributed by atoms with Crippen molar-refractivity contribution in [3.05, 3.63) is 64.5 Å². The first-order valence-electron chi connectivity index (χ1n) is 5.63. The van der Waals surface area contributed by atoms with Crippen molar-refractivity contribution in [3.63, 3.8) is 0 Å². The summed E-state index contributed by atoms with van der Waals surface area (Å²) in [7, 11) is 0. The Labute approximate surface area is 115 Å². The minimum absolute atomic E-state index is 0.0930. The van der Waals surface area contributed by atoms with Crippen LogP contribution in [0.2, 0.25) is 0 Å². The summed E-state index contributed by atoms with van der Waals surface area (Å²) < 4.78 is 69.7. The van der Waals surface area contributed by atoms with Crippen molar-refractivity contribution >= 4 is 5.97 Å². The Bertz CT molecular complexity index is 681. The molecule has 0 N–H and O–H groups in total. The van der Waals surface area contributed by atoms with E-state index in [2.05, 4.69) is 4.74 Å². The van der Waals surface area contributed by atoms with Gasteiger partial charge < -0.3 is 4.74 Å². The van der Waals surface area contributed by atoms with Crippen molar-refractivity contribution in [2.75, 3.05) is 0 Å². The Morgan fingerprint density at radius 1 is 0.810 bits per heavy atom. The number of halogens is 5. The van der Waals surface area contributed by atoms with E-state index in [0.29, 0.717) is 0 Å². The lowest BCUT2D eigenvalue weighted by molar-refractivity contribution is 0.0716. The highest BCUT2D eigenvalue weighted by Crippen LogP contribution is 2.29. The van der Waals surface area contributed by atoms with Crippen molar-refractivity contribution in [3.8, 4) is 5.75 Å². The predicted octanol–water partition coefficient (Wildman–Crippen LogP) is 3.91. The number of carbonyl (C=O) groups is 1. The normalized spacial score (nSPS) is 10.6. The lowest BCUT2D eigenvalue weighted by Crippen LogP contribution is -2.13. The molecule has 0 fully saturated rings. The number of hydrogen-bond acceptors (Lipinski definition) is 2. The molecule has 0 atom stereocenters. The van der Waals surface area contributed by atoms with Gasteiger partial charge in [0.1, 0.15) is 0 Å². The first kappa shape index (κ1) is 15.0. The Morgan fingerprint density at radius 3 is 1.71 bits per heavy atom. The largest absolute Gasteiger partial charge is 0.416 e. The fraction of sp³-hybridized carbons (Fsp3) is 0.0714. The molecule has 2 aromatic rings. The van der Waals surface area contributed by atoms with Crippen molar-refractivity contribution in [1.82, 2.24) is 0 Å². The molecule has 2 aromatic carbocycles. The Kier molecular flexibility index (Phi) is 3.93. The summed E-state index contributed by atoms with van der Waals surface area (Å²) >= 11 is 0. The van der Waals surface area contributed by atoms with Crippen LogP contribution in [0.3, 0.4) is 0 Å². The van der Waals surface area contributed by atoms with Crippen molar-refractivity contribution in [2.24, 2.45) is 0 Å².